The van der Waals surface area contributed by atoms with Gasteiger partial charge in [-0.25, -0.2) is 9.79 Å². The van der Waals surface area contributed by atoms with Gasteiger partial charge in [0, 0.05) is 0 Å². The van der Waals surface area contributed by atoms with E-state index >= 15 is 0 Å². The first-order valence-corrected chi connectivity index (χ1v) is 2.58. The Labute approximate surface area is 60.5 Å². The summed E-state index contributed by atoms with van der Waals surface area (Å²) in [5, 5.41) is 8.81. The summed E-state index contributed by atoms with van der Waals surface area (Å²) < 4.78 is 0. The van der Waals surface area contributed by atoms with Crippen molar-refractivity contribution in [2.45, 2.75) is 5.66 Å². The van der Waals surface area contributed by atoms with E-state index in [0.29, 0.717) is 0 Å². The zero-order valence-corrected chi connectivity index (χ0v) is 5.24. The number of nitrogens with one attached hydrogen (secondary N) is 1. The third-order valence-electron chi connectivity index (χ3n) is 1.23. The van der Waals surface area contributed by atoms with Crippen molar-refractivity contribution >= 4 is 18.2 Å². The molecular formula is C4H4N4O3. The number of amides is 3. The van der Waals surface area contributed by atoms with E-state index in [1.165, 1.54) is 0 Å². The summed E-state index contributed by atoms with van der Waals surface area (Å²) in [7, 11) is 0. The molecule has 58 valence electrons. The predicted octanol–water partition coefficient (Wildman–Crippen LogP) is -1.36. The largest absolute Gasteiger partial charge is 0.412 e. The minimum Gasteiger partial charge on any atom is -0.412 e. The van der Waals surface area contributed by atoms with Crippen molar-refractivity contribution in [3.63, 3.8) is 0 Å². The van der Waals surface area contributed by atoms with Gasteiger partial charge in [-0.2, -0.15) is 0 Å². The van der Waals surface area contributed by atoms with E-state index in [9.17, 15) is 9.59 Å². The van der Waals surface area contributed by atoms with E-state index in [4.69, 9.17) is 0 Å². The molecular weight excluding hydrogens is 152 g/mol. The Balaban J connectivity index is 0.000000605. The molecule has 0 aromatic rings. The van der Waals surface area contributed by atoms with E-state index in [1.807, 2.05) is 5.32 Å². The molecule has 0 fully saturated rings. The van der Waals surface area contributed by atoms with Crippen LogP contribution < -0.4 is 5.32 Å². The lowest BCUT2D eigenvalue weighted by atomic mass is 10.2. The molecule has 0 aromatic carbocycles. The van der Waals surface area contributed by atoms with Crippen molar-refractivity contribution < 1.29 is 15.1 Å². The molecule has 7 heteroatoms. The second-order valence-corrected chi connectivity index (χ2v) is 1.94. The fourth-order valence-electron chi connectivity index (χ4n) is 0.625. The zero-order chi connectivity index (χ0) is 7.19. The van der Waals surface area contributed by atoms with Crippen LogP contribution in [-0.2, 0) is 4.79 Å². The molecule has 11 heavy (non-hydrogen) atoms. The van der Waals surface area contributed by atoms with Gasteiger partial charge in [0.15, 0.2) is 0 Å². The summed E-state index contributed by atoms with van der Waals surface area (Å²) in [4.78, 5) is 24.5. The Morgan fingerprint density at radius 1 is 1.36 bits per heavy atom. The number of nitrogens with zero attached hydrogens (tertiary/aromatic N) is 3. The topological polar surface area (TPSA) is 115 Å². The minimum absolute atomic E-state index is 0. The third-order valence-corrected chi connectivity index (χ3v) is 1.23. The van der Waals surface area contributed by atoms with Gasteiger partial charge in [0.05, 0.1) is 6.21 Å². The number of rotatable bonds is 0. The van der Waals surface area contributed by atoms with Gasteiger partial charge < -0.3 is 5.48 Å². The zero-order valence-electron chi connectivity index (χ0n) is 5.24. The summed E-state index contributed by atoms with van der Waals surface area (Å²) >= 11 is 0. The maximum absolute atomic E-state index is 10.8. The Hall–Kier alpha value is -1.63. The summed E-state index contributed by atoms with van der Waals surface area (Å²) in [6, 6.07) is -0.659. The molecule has 2 rings (SSSR count). The van der Waals surface area contributed by atoms with Crippen molar-refractivity contribution in [1.29, 1.82) is 0 Å². The quantitative estimate of drug-likeness (QED) is 0.466. The van der Waals surface area contributed by atoms with Crippen LogP contribution in [0.25, 0.3) is 0 Å². The van der Waals surface area contributed by atoms with Crippen LogP contribution in [0.2, 0.25) is 0 Å². The number of hydrogen-bond donors (Lipinski definition) is 1. The summed E-state index contributed by atoms with van der Waals surface area (Å²) in [6.07, 6.45) is 1.13. The molecule has 1 spiro atoms. The number of imide groups is 1. The molecule has 0 bridgehead atoms. The minimum atomic E-state index is -1.14. The lowest BCUT2D eigenvalue weighted by Crippen LogP contribution is -2.44. The number of carbonyl (C=O) groups is 2. The lowest BCUT2D eigenvalue weighted by molar-refractivity contribution is -0.121. The van der Waals surface area contributed by atoms with Crippen molar-refractivity contribution in [1.82, 2.24) is 5.32 Å². The molecule has 3 N–H and O–H groups in total. The fraction of sp³-hybridized carbons (Fsp3) is 0.250. The number of aliphatic imine (C=N–C) groups is 1. The summed E-state index contributed by atoms with van der Waals surface area (Å²) in [5.74, 6) is -0.521. The van der Waals surface area contributed by atoms with Crippen LogP contribution in [0.3, 0.4) is 0 Å². The average molecular weight is 156 g/mol. The average Bonchev–Trinajstić information content (AvgIpc) is 2.62. The van der Waals surface area contributed by atoms with Gasteiger partial charge in [-0.05, 0) is 0 Å². The number of urea groups is 1. The Bertz CT molecular complexity index is 275. The van der Waals surface area contributed by atoms with Crippen LogP contribution in [0.15, 0.2) is 15.2 Å². The molecule has 0 radical (unpaired) electrons. The van der Waals surface area contributed by atoms with Gasteiger partial charge in [-0.1, -0.05) is 0 Å². The maximum Gasteiger partial charge on any atom is 0.347 e. The molecule has 2 aliphatic heterocycles. The molecule has 3 amide bonds. The highest BCUT2D eigenvalue weighted by molar-refractivity contribution is 6.16. The molecule has 0 saturated carbocycles. The van der Waals surface area contributed by atoms with Crippen molar-refractivity contribution in [3.05, 3.63) is 0 Å². The maximum atomic E-state index is 10.8. The Morgan fingerprint density at radius 2 is 2.00 bits per heavy atom. The molecule has 7 nitrogen and oxygen atoms in total. The second-order valence-electron chi connectivity index (χ2n) is 1.94. The molecule has 0 saturated heterocycles. The van der Waals surface area contributed by atoms with Crippen molar-refractivity contribution in [3.8, 4) is 0 Å². The summed E-state index contributed by atoms with van der Waals surface area (Å²) in [6.45, 7) is 0. The lowest BCUT2D eigenvalue weighted by Gasteiger charge is -2.07. The second kappa shape index (κ2) is 1.92. The highest BCUT2D eigenvalue weighted by Crippen LogP contribution is 2.27. The highest BCUT2D eigenvalue weighted by Gasteiger charge is 2.50. The molecule has 0 aliphatic carbocycles. The van der Waals surface area contributed by atoms with E-state index < -0.39 is 17.6 Å². The van der Waals surface area contributed by atoms with Gasteiger partial charge in [-0.3, -0.25) is 10.1 Å². The first-order chi connectivity index (χ1) is 4.73. The van der Waals surface area contributed by atoms with E-state index in [2.05, 4.69) is 15.2 Å². The predicted molar refractivity (Wildman–Crippen MR) is 33.2 cm³/mol. The van der Waals surface area contributed by atoms with Crippen LogP contribution in [0.1, 0.15) is 0 Å². The first kappa shape index (κ1) is 7.48. The van der Waals surface area contributed by atoms with E-state index in [0.717, 1.165) is 6.21 Å². The smallest absolute Gasteiger partial charge is 0.347 e. The normalized spacial score (nSPS) is 22.9. The van der Waals surface area contributed by atoms with Crippen molar-refractivity contribution in [2.75, 3.05) is 0 Å². The van der Waals surface area contributed by atoms with Crippen molar-refractivity contribution in [2.24, 2.45) is 15.2 Å². The summed E-state index contributed by atoms with van der Waals surface area (Å²) in [5.41, 5.74) is -1.14. The van der Waals surface area contributed by atoms with Crippen LogP contribution in [0, 0.1) is 0 Å². The van der Waals surface area contributed by atoms with Crippen LogP contribution in [-0.4, -0.2) is 29.3 Å². The van der Waals surface area contributed by atoms with Crippen LogP contribution in [0.5, 0.6) is 0 Å². The van der Waals surface area contributed by atoms with E-state index in [1.54, 1.807) is 0 Å². The van der Waals surface area contributed by atoms with Gasteiger partial charge in [0.25, 0.3) is 5.91 Å². The van der Waals surface area contributed by atoms with Crippen LogP contribution >= 0.6 is 0 Å². The molecule has 0 aromatic heterocycles. The molecule has 2 aliphatic rings. The monoisotopic (exact) mass is 156 g/mol. The first-order valence-electron chi connectivity index (χ1n) is 2.58. The Morgan fingerprint density at radius 3 is 2.45 bits per heavy atom. The van der Waals surface area contributed by atoms with Gasteiger partial charge in [0.1, 0.15) is 0 Å². The molecule has 0 unspecified atom stereocenters. The molecule has 2 heterocycles. The van der Waals surface area contributed by atoms with E-state index in [-0.39, 0.29) is 5.48 Å². The van der Waals surface area contributed by atoms with Gasteiger partial charge in [-0.15, -0.1) is 10.2 Å². The molecule has 0 atom stereocenters. The number of hydrogen-bond acceptors (Lipinski definition) is 4. The SMILES string of the molecule is O.O=C1N=CC2(N=N2)C(=O)N1. The number of carbonyl (C=O) groups excluding carboxylic acids is 2. The Kier molecular flexibility index (Phi) is 1.31. The van der Waals surface area contributed by atoms with Gasteiger partial charge in [0.2, 0.25) is 0 Å². The highest BCUT2D eigenvalue weighted by atomic mass is 16.2. The third kappa shape index (κ3) is 0.905. The van der Waals surface area contributed by atoms with Crippen LogP contribution in [0.4, 0.5) is 4.79 Å². The fourth-order valence-corrected chi connectivity index (χ4v) is 0.625. The van der Waals surface area contributed by atoms with Gasteiger partial charge >= 0.3 is 11.7 Å². The standard InChI is InChI=1S/C4H2N4O2.H2O/c9-2-4(7-8-4)1-5-3(10)6-2;/h1H,(H,6,9,10);1H2.